The molecule has 21 heavy (non-hydrogen) atoms. The van der Waals surface area contributed by atoms with Crippen LogP contribution >= 0.6 is 22.6 Å². The molecule has 0 fully saturated rings. The van der Waals surface area contributed by atoms with Gasteiger partial charge < -0.3 is 5.32 Å². The van der Waals surface area contributed by atoms with Crippen molar-refractivity contribution in [3.63, 3.8) is 0 Å². The molecular weight excluding hydrogens is 371 g/mol. The van der Waals surface area contributed by atoms with E-state index in [9.17, 15) is 0 Å². The number of nitrogens with one attached hydrogen (secondary N) is 1. The van der Waals surface area contributed by atoms with Crippen molar-refractivity contribution in [3.05, 3.63) is 75.6 Å². The van der Waals surface area contributed by atoms with Crippen LogP contribution in [0.2, 0.25) is 0 Å². The number of fused-ring (bicyclic) bond motifs is 1. The zero-order valence-electron chi connectivity index (χ0n) is 11.9. The van der Waals surface area contributed by atoms with Crippen LogP contribution in [0.15, 0.2) is 60.9 Å². The number of hydrogen-bond donors (Lipinski definition) is 1. The number of nitrogens with zero attached hydrogens (tertiary/aromatic N) is 1. The Labute approximate surface area is 138 Å². The molecule has 0 amide bonds. The molecule has 1 aromatic heterocycles. The topological polar surface area (TPSA) is 24.9 Å². The number of halogens is 1. The summed E-state index contributed by atoms with van der Waals surface area (Å²) in [6, 6.07) is 17.4. The Bertz CT molecular complexity index is 750. The van der Waals surface area contributed by atoms with E-state index in [1.165, 1.54) is 25.5 Å². The first kappa shape index (κ1) is 14.5. The summed E-state index contributed by atoms with van der Waals surface area (Å²) >= 11 is 2.37. The van der Waals surface area contributed by atoms with E-state index >= 15 is 0 Å². The third-order valence-electron chi connectivity index (χ3n) is 3.62. The van der Waals surface area contributed by atoms with Crippen LogP contribution in [0.4, 0.5) is 0 Å². The Hall–Kier alpha value is -1.46. The molecule has 1 heterocycles. The predicted octanol–water partition coefficient (Wildman–Crippen LogP) is 4.54. The molecule has 1 unspecified atom stereocenters. The van der Waals surface area contributed by atoms with Gasteiger partial charge in [-0.1, -0.05) is 37.3 Å². The van der Waals surface area contributed by atoms with Crippen LogP contribution in [0.3, 0.4) is 0 Å². The largest absolute Gasteiger partial charge is 0.307 e. The van der Waals surface area contributed by atoms with E-state index in [4.69, 9.17) is 0 Å². The van der Waals surface area contributed by atoms with Crippen LogP contribution in [-0.2, 0) is 0 Å². The summed E-state index contributed by atoms with van der Waals surface area (Å²) in [6.07, 6.45) is 3.79. The summed E-state index contributed by atoms with van der Waals surface area (Å²) in [5, 5.41) is 6.06. The van der Waals surface area contributed by atoms with Gasteiger partial charge in [-0.2, -0.15) is 0 Å². The Morgan fingerprint density at radius 1 is 1.14 bits per heavy atom. The lowest BCUT2D eigenvalue weighted by Gasteiger charge is -2.21. The smallest absolute Gasteiger partial charge is 0.0583 e. The maximum absolute atomic E-state index is 4.22. The Morgan fingerprint density at radius 2 is 2.00 bits per heavy atom. The molecule has 0 radical (unpaired) electrons. The SMILES string of the molecule is CCNC(c1cccc(I)c1)c1cccc2cnccc12. The molecule has 0 aliphatic carbocycles. The van der Waals surface area contributed by atoms with Gasteiger partial charge in [0.25, 0.3) is 0 Å². The summed E-state index contributed by atoms with van der Waals surface area (Å²) < 4.78 is 1.26. The standard InChI is InChI=1S/C18H17IN2/c1-2-21-18(13-5-3-7-15(19)11-13)17-8-4-6-14-12-20-10-9-16(14)17/h3-12,18,21H,2H2,1H3. The Balaban J connectivity index is 2.16. The monoisotopic (exact) mass is 388 g/mol. The molecule has 106 valence electrons. The van der Waals surface area contributed by atoms with Crippen LogP contribution in [0, 0.1) is 3.57 Å². The second kappa shape index (κ2) is 6.54. The molecule has 2 aromatic carbocycles. The molecule has 0 aliphatic rings. The van der Waals surface area contributed by atoms with Crippen molar-refractivity contribution >= 4 is 33.4 Å². The predicted molar refractivity (Wildman–Crippen MR) is 96.4 cm³/mol. The molecule has 1 atom stereocenters. The van der Waals surface area contributed by atoms with Crippen LogP contribution in [-0.4, -0.2) is 11.5 Å². The second-order valence-electron chi connectivity index (χ2n) is 4.99. The van der Waals surface area contributed by atoms with Gasteiger partial charge >= 0.3 is 0 Å². The average molecular weight is 388 g/mol. The molecule has 2 nitrogen and oxygen atoms in total. The third-order valence-corrected chi connectivity index (χ3v) is 4.29. The molecule has 0 aliphatic heterocycles. The third kappa shape index (κ3) is 3.09. The summed E-state index contributed by atoms with van der Waals surface area (Å²) in [5.74, 6) is 0. The quantitative estimate of drug-likeness (QED) is 0.664. The van der Waals surface area contributed by atoms with Gasteiger partial charge in [-0.15, -0.1) is 0 Å². The second-order valence-corrected chi connectivity index (χ2v) is 6.24. The van der Waals surface area contributed by atoms with E-state index in [-0.39, 0.29) is 6.04 Å². The normalized spacial score (nSPS) is 12.5. The van der Waals surface area contributed by atoms with E-state index in [0.29, 0.717) is 0 Å². The first-order valence-corrected chi connectivity index (χ1v) is 8.19. The van der Waals surface area contributed by atoms with E-state index in [1.807, 2.05) is 12.4 Å². The molecule has 1 N–H and O–H groups in total. The van der Waals surface area contributed by atoms with Crippen molar-refractivity contribution < 1.29 is 0 Å². The fraction of sp³-hybridized carbons (Fsp3) is 0.167. The van der Waals surface area contributed by atoms with Gasteiger partial charge in [0.15, 0.2) is 0 Å². The van der Waals surface area contributed by atoms with Crippen molar-refractivity contribution in [2.75, 3.05) is 6.54 Å². The van der Waals surface area contributed by atoms with Crippen LogP contribution in [0.1, 0.15) is 24.1 Å². The highest BCUT2D eigenvalue weighted by Crippen LogP contribution is 2.29. The first-order chi connectivity index (χ1) is 10.3. The fourth-order valence-electron chi connectivity index (χ4n) is 2.70. The number of aromatic nitrogens is 1. The van der Waals surface area contributed by atoms with Gasteiger partial charge in [0.2, 0.25) is 0 Å². The van der Waals surface area contributed by atoms with Crippen LogP contribution in [0.5, 0.6) is 0 Å². The Kier molecular flexibility index (Phi) is 4.51. The number of rotatable bonds is 4. The molecule has 3 heteroatoms. The first-order valence-electron chi connectivity index (χ1n) is 7.11. The highest BCUT2D eigenvalue weighted by Gasteiger charge is 2.15. The summed E-state index contributed by atoms with van der Waals surface area (Å²) in [4.78, 5) is 4.22. The van der Waals surface area contributed by atoms with E-state index in [0.717, 1.165) is 6.54 Å². The molecule has 3 aromatic rings. The zero-order valence-corrected chi connectivity index (χ0v) is 14.0. The van der Waals surface area contributed by atoms with Crippen molar-refractivity contribution in [3.8, 4) is 0 Å². The highest BCUT2D eigenvalue weighted by molar-refractivity contribution is 14.1. The number of hydrogen-bond acceptors (Lipinski definition) is 2. The van der Waals surface area contributed by atoms with Gasteiger partial charge in [0.1, 0.15) is 0 Å². The Morgan fingerprint density at radius 3 is 2.81 bits per heavy atom. The van der Waals surface area contributed by atoms with Crippen molar-refractivity contribution in [2.45, 2.75) is 13.0 Å². The van der Waals surface area contributed by atoms with Gasteiger partial charge in [0.05, 0.1) is 6.04 Å². The molecule has 0 bridgehead atoms. The molecule has 0 spiro atoms. The van der Waals surface area contributed by atoms with Crippen LogP contribution in [0.25, 0.3) is 10.8 Å². The lowest BCUT2D eigenvalue weighted by Crippen LogP contribution is -2.22. The summed E-state index contributed by atoms with van der Waals surface area (Å²) in [7, 11) is 0. The number of pyridine rings is 1. The lowest BCUT2D eigenvalue weighted by molar-refractivity contribution is 0.634. The van der Waals surface area contributed by atoms with E-state index in [1.54, 1.807) is 0 Å². The molecular formula is C18H17IN2. The lowest BCUT2D eigenvalue weighted by atomic mass is 9.94. The van der Waals surface area contributed by atoms with Gasteiger partial charge in [0, 0.05) is 21.4 Å². The minimum absolute atomic E-state index is 0.204. The van der Waals surface area contributed by atoms with E-state index < -0.39 is 0 Å². The molecule has 0 saturated heterocycles. The maximum atomic E-state index is 4.22. The van der Waals surface area contributed by atoms with Crippen molar-refractivity contribution in [1.82, 2.24) is 10.3 Å². The van der Waals surface area contributed by atoms with Gasteiger partial charge in [-0.25, -0.2) is 0 Å². The van der Waals surface area contributed by atoms with Crippen molar-refractivity contribution in [2.24, 2.45) is 0 Å². The fourth-order valence-corrected chi connectivity index (χ4v) is 3.26. The molecule has 3 rings (SSSR count). The molecule has 0 saturated carbocycles. The van der Waals surface area contributed by atoms with Gasteiger partial charge in [-0.05, 0) is 63.8 Å². The number of benzene rings is 2. The minimum atomic E-state index is 0.204. The zero-order chi connectivity index (χ0) is 14.7. The van der Waals surface area contributed by atoms with Crippen LogP contribution < -0.4 is 5.32 Å². The minimum Gasteiger partial charge on any atom is -0.307 e. The van der Waals surface area contributed by atoms with Crippen molar-refractivity contribution in [1.29, 1.82) is 0 Å². The summed E-state index contributed by atoms with van der Waals surface area (Å²) in [6.45, 7) is 3.07. The summed E-state index contributed by atoms with van der Waals surface area (Å²) in [5.41, 5.74) is 2.60. The van der Waals surface area contributed by atoms with E-state index in [2.05, 4.69) is 88.3 Å². The van der Waals surface area contributed by atoms with Gasteiger partial charge in [-0.3, -0.25) is 4.98 Å². The maximum Gasteiger partial charge on any atom is 0.0583 e. The average Bonchev–Trinajstić information content (AvgIpc) is 2.52. The highest BCUT2D eigenvalue weighted by atomic mass is 127.